The van der Waals surface area contributed by atoms with E-state index in [9.17, 15) is 14.9 Å². The van der Waals surface area contributed by atoms with Gasteiger partial charge in [0, 0.05) is 32.2 Å². The molecule has 1 saturated heterocycles. The van der Waals surface area contributed by atoms with Crippen molar-refractivity contribution in [2.75, 3.05) is 43.4 Å². The molecular weight excluding hydrogens is 330 g/mol. The van der Waals surface area contributed by atoms with E-state index >= 15 is 0 Å². The molecule has 1 aliphatic heterocycles. The summed E-state index contributed by atoms with van der Waals surface area (Å²) in [7, 11) is 2.10. The van der Waals surface area contributed by atoms with Crippen molar-refractivity contribution in [3.05, 3.63) is 45.5 Å². The van der Waals surface area contributed by atoms with Crippen LogP contribution >= 0.6 is 11.3 Å². The number of carbonyl (C=O) groups excluding carboxylic acids is 1. The molecule has 0 aromatic carbocycles. The first kappa shape index (κ1) is 16.3. The summed E-state index contributed by atoms with van der Waals surface area (Å²) >= 11 is 0.850. The number of carbonyl (C=O) groups is 1. The van der Waals surface area contributed by atoms with Gasteiger partial charge in [0.1, 0.15) is 5.82 Å². The van der Waals surface area contributed by atoms with Crippen LogP contribution in [0.5, 0.6) is 0 Å². The second-order valence-electron chi connectivity index (χ2n) is 5.54. The molecule has 9 heteroatoms. The molecule has 1 aliphatic rings. The zero-order chi connectivity index (χ0) is 17.1. The van der Waals surface area contributed by atoms with Gasteiger partial charge in [0.25, 0.3) is 5.91 Å². The molecule has 2 aromatic heterocycles. The van der Waals surface area contributed by atoms with Gasteiger partial charge in [-0.3, -0.25) is 14.9 Å². The number of likely N-dealkylation sites (N-methyl/N-ethyl adjacent to an activating group) is 1. The third-order valence-electron chi connectivity index (χ3n) is 3.83. The van der Waals surface area contributed by atoms with E-state index in [0.29, 0.717) is 10.6 Å². The molecule has 0 radical (unpaired) electrons. The summed E-state index contributed by atoms with van der Waals surface area (Å²) in [4.78, 5) is 31.4. The molecule has 8 nitrogen and oxygen atoms in total. The minimum Gasteiger partial charge on any atom is -0.354 e. The number of nitro groups is 1. The van der Waals surface area contributed by atoms with Crippen LogP contribution in [-0.2, 0) is 0 Å². The lowest BCUT2D eigenvalue weighted by Crippen LogP contribution is -2.44. The molecule has 0 atom stereocenters. The molecule has 24 heavy (non-hydrogen) atoms. The number of nitrogens with zero attached hydrogens (tertiary/aromatic N) is 4. The lowest BCUT2D eigenvalue weighted by Gasteiger charge is -2.33. The number of piperazine rings is 1. The fraction of sp³-hybridized carbons (Fsp3) is 0.333. The predicted octanol–water partition coefficient (Wildman–Crippen LogP) is 2.06. The number of hydrogen-bond acceptors (Lipinski definition) is 7. The Morgan fingerprint density at radius 2 is 2.00 bits per heavy atom. The van der Waals surface area contributed by atoms with Crippen LogP contribution < -0.4 is 10.2 Å². The van der Waals surface area contributed by atoms with Gasteiger partial charge in [-0.25, -0.2) is 4.98 Å². The minimum atomic E-state index is -0.506. The van der Waals surface area contributed by atoms with Crippen molar-refractivity contribution >= 4 is 33.8 Å². The molecule has 3 heterocycles. The second-order valence-corrected chi connectivity index (χ2v) is 6.61. The zero-order valence-corrected chi connectivity index (χ0v) is 14.0. The van der Waals surface area contributed by atoms with Crippen LogP contribution in [0.4, 0.5) is 16.5 Å². The van der Waals surface area contributed by atoms with E-state index in [-0.39, 0.29) is 10.9 Å². The molecular formula is C15H17N5O3S. The first-order chi connectivity index (χ1) is 11.5. The number of pyridine rings is 1. The van der Waals surface area contributed by atoms with Crippen molar-refractivity contribution in [2.45, 2.75) is 0 Å². The van der Waals surface area contributed by atoms with Crippen LogP contribution in [0.15, 0.2) is 30.5 Å². The maximum absolute atomic E-state index is 12.1. The standard InChI is InChI=1S/C15H17N5O3S/c1-18-6-8-19(9-7-18)13-4-2-11(10-16-13)17-15(21)12-3-5-14(24-12)20(22)23/h2-5,10H,6-9H2,1H3,(H,17,21). The van der Waals surface area contributed by atoms with Crippen molar-refractivity contribution in [3.8, 4) is 0 Å². The summed E-state index contributed by atoms with van der Waals surface area (Å²) in [5.41, 5.74) is 0.564. The third-order valence-corrected chi connectivity index (χ3v) is 4.86. The summed E-state index contributed by atoms with van der Waals surface area (Å²) in [6.45, 7) is 3.84. The van der Waals surface area contributed by atoms with Gasteiger partial charge in [0.2, 0.25) is 0 Å². The fourth-order valence-corrected chi connectivity index (χ4v) is 3.14. The highest BCUT2D eigenvalue weighted by atomic mass is 32.1. The van der Waals surface area contributed by atoms with Crippen LogP contribution in [0.2, 0.25) is 0 Å². The number of rotatable bonds is 4. The molecule has 0 unspecified atom stereocenters. The van der Waals surface area contributed by atoms with Crippen LogP contribution in [0.1, 0.15) is 9.67 Å². The van der Waals surface area contributed by atoms with Gasteiger partial charge in [-0.2, -0.15) is 0 Å². The highest BCUT2D eigenvalue weighted by molar-refractivity contribution is 7.17. The van der Waals surface area contributed by atoms with E-state index in [1.807, 2.05) is 6.07 Å². The van der Waals surface area contributed by atoms with Crippen molar-refractivity contribution < 1.29 is 9.72 Å². The number of aromatic nitrogens is 1. The maximum Gasteiger partial charge on any atom is 0.324 e. The van der Waals surface area contributed by atoms with Gasteiger partial charge in [0.05, 0.1) is 21.7 Å². The van der Waals surface area contributed by atoms with Gasteiger partial charge in [0.15, 0.2) is 0 Å². The van der Waals surface area contributed by atoms with Gasteiger partial charge < -0.3 is 15.1 Å². The van der Waals surface area contributed by atoms with E-state index in [4.69, 9.17) is 0 Å². The van der Waals surface area contributed by atoms with E-state index in [1.165, 1.54) is 12.1 Å². The summed E-state index contributed by atoms with van der Waals surface area (Å²) in [5.74, 6) is 0.509. The Hall–Kier alpha value is -2.52. The van der Waals surface area contributed by atoms with Gasteiger partial charge in [-0.15, -0.1) is 0 Å². The molecule has 1 fully saturated rings. The molecule has 0 saturated carbocycles. The van der Waals surface area contributed by atoms with E-state index < -0.39 is 4.92 Å². The van der Waals surface area contributed by atoms with Crippen LogP contribution in [0.25, 0.3) is 0 Å². The average Bonchev–Trinajstić information content (AvgIpc) is 3.07. The van der Waals surface area contributed by atoms with E-state index in [0.717, 1.165) is 43.3 Å². The van der Waals surface area contributed by atoms with Crippen molar-refractivity contribution in [2.24, 2.45) is 0 Å². The fourth-order valence-electron chi connectivity index (χ4n) is 2.42. The summed E-state index contributed by atoms with van der Waals surface area (Å²) in [6.07, 6.45) is 1.60. The molecule has 0 aliphatic carbocycles. The monoisotopic (exact) mass is 347 g/mol. The average molecular weight is 347 g/mol. The number of hydrogen-bond donors (Lipinski definition) is 1. The Balaban J connectivity index is 1.63. The molecule has 0 bridgehead atoms. The number of nitrogens with one attached hydrogen (secondary N) is 1. The SMILES string of the molecule is CN1CCN(c2ccc(NC(=O)c3ccc([N+](=O)[O-])s3)cn2)CC1. The first-order valence-electron chi connectivity index (χ1n) is 7.48. The Morgan fingerprint density at radius 3 is 2.58 bits per heavy atom. The Bertz CT molecular complexity index is 738. The third kappa shape index (κ3) is 3.69. The summed E-state index contributed by atoms with van der Waals surface area (Å²) < 4.78 is 0. The molecule has 2 aromatic rings. The quantitative estimate of drug-likeness (QED) is 0.672. The first-order valence-corrected chi connectivity index (χ1v) is 8.30. The number of amides is 1. The smallest absolute Gasteiger partial charge is 0.324 e. The predicted molar refractivity (Wildman–Crippen MR) is 92.9 cm³/mol. The Morgan fingerprint density at radius 1 is 1.25 bits per heavy atom. The summed E-state index contributed by atoms with van der Waals surface area (Å²) in [6, 6.07) is 6.44. The normalized spacial score (nSPS) is 15.3. The highest BCUT2D eigenvalue weighted by Crippen LogP contribution is 2.25. The topological polar surface area (TPSA) is 91.6 Å². The van der Waals surface area contributed by atoms with Crippen molar-refractivity contribution in [3.63, 3.8) is 0 Å². The lowest BCUT2D eigenvalue weighted by atomic mass is 10.3. The molecule has 126 valence electrons. The zero-order valence-electron chi connectivity index (χ0n) is 13.1. The number of thiophene rings is 1. The van der Waals surface area contributed by atoms with Gasteiger partial charge in [-0.1, -0.05) is 11.3 Å². The van der Waals surface area contributed by atoms with Gasteiger partial charge >= 0.3 is 5.00 Å². The van der Waals surface area contributed by atoms with Crippen LogP contribution in [0, 0.1) is 10.1 Å². The molecule has 1 N–H and O–H groups in total. The largest absolute Gasteiger partial charge is 0.354 e. The molecule has 0 spiro atoms. The molecule has 1 amide bonds. The van der Waals surface area contributed by atoms with Crippen LogP contribution in [0.3, 0.4) is 0 Å². The Kier molecular flexibility index (Phi) is 4.72. The van der Waals surface area contributed by atoms with Crippen molar-refractivity contribution in [1.82, 2.24) is 9.88 Å². The van der Waals surface area contributed by atoms with Crippen molar-refractivity contribution in [1.29, 1.82) is 0 Å². The lowest BCUT2D eigenvalue weighted by molar-refractivity contribution is -0.380. The number of anilines is 2. The molecule has 3 rings (SSSR count). The summed E-state index contributed by atoms with van der Waals surface area (Å²) in [5, 5.41) is 13.3. The highest BCUT2D eigenvalue weighted by Gasteiger charge is 2.17. The minimum absolute atomic E-state index is 0.0521. The van der Waals surface area contributed by atoms with Crippen LogP contribution in [-0.4, -0.2) is 53.9 Å². The maximum atomic E-state index is 12.1. The van der Waals surface area contributed by atoms with E-state index in [1.54, 1.807) is 12.3 Å². The van der Waals surface area contributed by atoms with E-state index in [2.05, 4.69) is 27.1 Å². The Labute approximate surface area is 142 Å². The second kappa shape index (κ2) is 6.93. The van der Waals surface area contributed by atoms with Gasteiger partial charge in [-0.05, 0) is 25.2 Å².